The Balaban J connectivity index is 1.72. The summed E-state index contributed by atoms with van der Waals surface area (Å²) in [5, 5.41) is 40.1. The van der Waals surface area contributed by atoms with Gasteiger partial charge in [-0.15, -0.1) is 0 Å². The van der Waals surface area contributed by atoms with Crippen LogP contribution in [0.15, 0.2) is 30.3 Å². The van der Waals surface area contributed by atoms with Gasteiger partial charge in [-0.1, -0.05) is 25.0 Å². The molecular weight excluding hydrogens is 436 g/mol. The van der Waals surface area contributed by atoms with Gasteiger partial charge in [0.2, 0.25) is 0 Å². The highest BCUT2D eigenvalue weighted by Gasteiger charge is 2.50. The number of hydrogen-bond donors (Lipinski definition) is 4. The summed E-state index contributed by atoms with van der Waals surface area (Å²) < 4.78 is 22.0. The Morgan fingerprint density at radius 2 is 1.79 bits per heavy atom. The molecular formula is C23H30O10. The number of aliphatic hydroxyl groups excluding tert-OH is 3. The largest absolute Gasteiger partial charge is 0.508 e. The fourth-order valence-electron chi connectivity index (χ4n) is 3.95. The Kier molecular flexibility index (Phi) is 8.81. The average molecular weight is 466 g/mol. The molecule has 7 atom stereocenters. The number of phenols is 1. The standard InChI is InChI=1S/C23H30O10/c1-13(25)30-22-20(29)23(31-17-5-3-2-4-16(17)27)32-18(12-24)21(22)33-19(28)11-8-14-6-9-15(26)10-7-14/h6-11,16-18,20-24,26-27,29H,2-5,12H2,1H3/t16-,17-,18+,20+,21+,22+,23+/m0/s1. The van der Waals surface area contributed by atoms with Gasteiger partial charge >= 0.3 is 11.9 Å². The predicted octanol–water partition coefficient (Wildman–Crippen LogP) is 0.647. The van der Waals surface area contributed by atoms with Crippen molar-refractivity contribution in [3.63, 3.8) is 0 Å². The van der Waals surface area contributed by atoms with E-state index in [2.05, 4.69) is 0 Å². The van der Waals surface area contributed by atoms with E-state index in [1.807, 2.05) is 0 Å². The molecule has 10 heteroatoms. The van der Waals surface area contributed by atoms with E-state index in [4.69, 9.17) is 18.9 Å². The zero-order valence-electron chi connectivity index (χ0n) is 18.3. The molecule has 1 aromatic rings. The second-order valence-corrected chi connectivity index (χ2v) is 8.14. The van der Waals surface area contributed by atoms with E-state index in [0.717, 1.165) is 25.8 Å². The van der Waals surface area contributed by atoms with Gasteiger partial charge in [0.05, 0.1) is 18.8 Å². The van der Waals surface area contributed by atoms with Gasteiger partial charge in [0.1, 0.15) is 18.0 Å². The lowest BCUT2D eigenvalue weighted by Gasteiger charge is -2.44. The summed E-state index contributed by atoms with van der Waals surface area (Å²) in [5.41, 5.74) is 0.624. The lowest BCUT2D eigenvalue weighted by molar-refractivity contribution is -0.321. The van der Waals surface area contributed by atoms with Crippen LogP contribution in [0, 0.1) is 0 Å². The van der Waals surface area contributed by atoms with Gasteiger partial charge in [-0.2, -0.15) is 0 Å². The van der Waals surface area contributed by atoms with Gasteiger partial charge in [0.25, 0.3) is 0 Å². The van der Waals surface area contributed by atoms with Crippen molar-refractivity contribution in [1.29, 1.82) is 0 Å². The van der Waals surface area contributed by atoms with E-state index in [0.29, 0.717) is 18.4 Å². The number of phenolic OH excluding ortho intramolecular Hbond substituents is 1. The van der Waals surface area contributed by atoms with Crippen molar-refractivity contribution in [2.24, 2.45) is 0 Å². The predicted molar refractivity (Wildman–Crippen MR) is 114 cm³/mol. The quantitative estimate of drug-likeness (QED) is 0.333. The van der Waals surface area contributed by atoms with Gasteiger partial charge < -0.3 is 39.4 Å². The topological polar surface area (TPSA) is 152 Å². The number of carbonyl (C=O) groups excluding carboxylic acids is 2. The second-order valence-electron chi connectivity index (χ2n) is 8.14. The van der Waals surface area contributed by atoms with Crippen LogP contribution in [0.5, 0.6) is 5.75 Å². The van der Waals surface area contributed by atoms with Crippen LogP contribution in [0.3, 0.4) is 0 Å². The first kappa shape index (κ1) is 25.1. The first-order valence-corrected chi connectivity index (χ1v) is 10.9. The molecule has 1 aliphatic carbocycles. The van der Waals surface area contributed by atoms with Crippen LogP contribution in [0.25, 0.3) is 6.08 Å². The van der Waals surface area contributed by atoms with E-state index < -0.39 is 61.5 Å². The normalized spacial score (nSPS) is 32.4. The van der Waals surface area contributed by atoms with Crippen LogP contribution in [-0.4, -0.2) is 81.9 Å². The number of carbonyl (C=O) groups is 2. The molecule has 0 amide bonds. The highest BCUT2D eigenvalue weighted by Crippen LogP contribution is 2.30. The molecule has 0 radical (unpaired) electrons. The van der Waals surface area contributed by atoms with E-state index in [9.17, 15) is 30.0 Å². The number of benzene rings is 1. The maximum atomic E-state index is 12.4. The Bertz CT molecular complexity index is 823. The third kappa shape index (κ3) is 6.75. The maximum absolute atomic E-state index is 12.4. The number of aromatic hydroxyl groups is 1. The second kappa shape index (κ2) is 11.6. The molecule has 1 saturated carbocycles. The summed E-state index contributed by atoms with van der Waals surface area (Å²) in [4.78, 5) is 24.1. The fourth-order valence-corrected chi connectivity index (χ4v) is 3.95. The maximum Gasteiger partial charge on any atom is 0.331 e. The molecule has 0 bridgehead atoms. The van der Waals surface area contributed by atoms with Crippen molar-refractivity contribution in [3.8, 4) is 5.75 Å². The van der Waals surface area contributed by atoms with Gasteiger partial charge in [-0.25, -0.2) is 4.79 Å². The summed E-state index contributed by atoms with van der Waals surface area (Å²) in [6, 6.07) is 6.09. The third-order valence-corrected chi connectivity index (χ3v) is 5.63. The molecule has 0 unspecified atom stereocenters. The van der Waals surface area contributed by atoms with Gasteiger partial charge in [-0.3, -0.25) is 4.79 Å². The zero-order chi connectivity index (χ0) is 24.0. The van der Waals surface area contributed by atoms with Crippen LogP contribution in [0.4, 0.5) is 0 Å². The van der Waals surface area contributed by atoms with Crippen molar-refractivity contribution in [2.75, 3.05) is 6.61 Å². The molecule has 4 N–H and O–H groups in total. The molecule has 1 aromatic carbocycles. The minimum atomic E-state index is -1.52. The lowest BCUT2D eigenvalue weighted by Crippen LogP contribution is -2.62. The zero-order valence-corrected chi connectivity index (χ0v) is 18.3. The van der Waals surface area contributed by atoms with Crippen LogP contribution in [0.2, 0.25) is 0 Å². The summed E-state index contributed by atoms with van der Waals surface area (Å²) in [6.45, 7) is 0.539. The third-order valence-electron chi connectivity index (χ3n) is 5.63. The van der Waals surface area contributed by atoms with Gasteiger partial charge in [0, 0.05) is 13.0 Å². The molecule has 1 aliphatic heterocycles. The minimum Gasteiger partial charge on any atom is -0.508 e. The molecule has 1 heterocycles. The molecule has 0 spiro atoms. The Morgan fingerprint density at radius 1 is 1.09 bits per heavy atom. The Hall–Kier alpha value is -2.50. The van der Waals surface area contributed by atoms with Crippen molar-refractivity contribution in [2.45, 2.75) is 75.5 Å². The van der Waals surface area contributed by atoms with Crippen LogP contribution in [0.1, 0.15) is 38.2 Å². The van der Waals surface area contributed by atoms with Crippen molar-refractivity contribution >= 4 is 18.0 Å². The van der Waals surface area contributed by atoms with Crippen LogP contribution >= 0.6 is 0 Å². The van der Waals surface area contributed by atoms with Crippen molar-refractivity contribution in [1.82, 2.24) is 0 Å². The summed E-state index contributed by atoms with van der Waals surface area (Å²) in [5.74, 6) is -1.47. The SMILES string of the molecule is CC(=O)O[C@@H]1[C@@H](O)[C@H](O[C@H]2CCCC[C@@H]2O)O[C@H](CO)[C@H]1OC(=O)C=Cc1ccc(O)cc1. The van der Waals surface area contributed by atoms with Crippen molar-refractivity contribution < 1.29 is 49.0 Å². The smallest absolute Gasteiger partial charge is 0.331 e. The van der Waals surface area contributed by atoms with Crippen molar-refractivity contribution in [3.05, 3.63) is 35.9 Å². The average Bonchev–Trinajstić information content (AvgIpc) is 2.78. The molecule has 0 aromatic heterocycles. The molecule has 33 heavy (non-hydrogen) atoms. The highest BCUT2D eigenvalue weighted by atomic mass is 16.7. The molecule has 182 valence electrons. The van der Waals surface area contributed by atoms with E-state index in [1.165, 1.54) is 18.2 Å². The monoisotopic (exact) mass is 466 g/mol. The van der Waals surface area contributed by atoms with E-state index in [1.54, 1.807) is 12.1 Å². The summed E-state index contributed by atoms with van der Waals surface area (Å²) in [7, 11) is 0. The fraction of sp³-hybridized carbons (Fsp3) is 0.565. The van der Waals surface area contributed by atoms with E-state index in [-0.39, 0.29) is 5.75 Å². The molecule has 2 aliphatic rings. The summed E-state index contributed by atoms with van der Waals surface area (Å²) in [6.07, 6.45) is -2.54. The van der Waals surface area contributed by atoms with Gasteiger partial charge in [-0.05, 0) is 36.6 Å². The van der Waals surface area contributed by atoms with Crippen LogP contribution in [-0.2, 0) is 28.5 Å². The number of ether oxygens (including phenoxy) is 4. The Labute approximate surface area is 191 Å². The molecule has 1 saturated heterocycles. The number of esters is 2. The highest BCUT2D eigenvalue weighted by molar-refractivity contribution is 5.87. The first-order chi connectivity index (χ1) is 15.8. The first-order valence-electron chi connectivity index (χ1n) is 10.9. The summed E-state index contributed by atoms with van der Waals surface area (Å²) >= 11 is 0. The molecule has 3 rings (SSSR count). The minimum absolute atomic E-state index is 0.0793. The molecule has 10 nitrogen and oxygen atoms in total. The molecule has 2 fully saturated rings. The van der Waals surface area contributed by atoms with Gasteiger partial charge in [0.15, 0.2) is 18.5 Å². The number of rotatable bonds is 7. The Morgan fingerprint density at radius 3 is 2.42 bits per heavy atom. The number of aliphatic hydroxyl groups is 3. The number of hydrogen-bond acceptors (Lipinski definition) is 10. The van der Waals surface area contributed by atoms with Crippen LogP contribution < -0.4 is 0 Å². The van der Waals surface area contributed by atoms with E-state index >= 15 is 0 Å². The lowest BCUT2D eigenvalue weighted by atomic mass is 9.94.